The minimum absolute atomic E-state index is 0.106. The van der Waals surface area contributed by atoms with Gasteiger partial charge in [0.25, 0.3) is 0 Å². The summed E-state index contributed by atoms with van der Waals surface area (Å²) in [6, 6.07) is 24.6. The van der Waals surface area contributed by atoms with Crippen LogP contribution in [-0.4, -0.2) is 17.9 Å². The van der Waals surface area contributed by atoms with Crippen molar-refractivity contribution in [2.45, 2.75) is 5.25 Å². The SMILES string of the molecule is O=C(CSC1c2ccccc2-c2ccccc21)NN=Cc1ccccc1Br. The van der Waals surface area contributed by atoms with Crippen molar-refractivity contribution >= 4 is 39.8 Å². The van der Waals surface area contributed by atoms with Crippen molar-refractivity contribution < 1.29 is 4.79 Å². The topological polar surface area (TPSA) is 41.5 Å². The maximum atomic E-state index is 12.2. The number of benzene rings is 3. The Labute approximate surface area is 171 Å². The molecule has 4 rings (SSSR count). The molecule has 3 nitrogen and oxygen atoms in total. The number of hydrogen-bond acceptors (Lipinski definition) is 3. The lowest BCUT2D eigenvalue weighted by atomic mass is 10.1. The van der Waals surface area contributed by atoms with E-state index in [4.69, 9.17) is 0 Å². The Balaban J connectivity index is 1.42. The lowest BCUT2D eigenvalue weighted by molar-refractivity contribution is -0.118. The third kappa shape index (κ3) is 3.84. The Morgan fingerprint density at radius 1 is 0.963 bits per heavy atom. The van der Waals surface area contributed by atoms with Crippen LogP contribution in [0.1, 0.15) is 21.9 Å². The number of halogens is 1. The highest BCUT2D eigenvalue weighted by atomic mass is 79.9. The summed E-state index contributed by atoms with van der Waals surface area (Å²) in [4.78, 5) is 12.2. The molecule has 27 heavy (non-hydrogen) atoms. The number of fused-ring (bicyclic) bond motifs is 3. The standard InChI is InChI=1S/C22H17BrN2OS/c23-20-12-6-1-7-15(20)13-24-25-21(26)14-27-22-18-10-4-2-8-16(18)17-9-3-5-11-19(17)22/h1-13,22H,14H2,(H,25,26). The van der Waals surface area contributed by atoms with E-state index in [2.05, 4.69) is 75.0 Å². The van der Waals surface area contributed by atoms with E-state index in [9.17, 15) is 4.79 Å². The van der Waals surface area contributed by atoms with Crippen LogP contribution in [0.25, 0.3) is 11.1 Å². The first-order valence-electron chi connectivity index (χ1n) is 8.60. The van der Waals surface area contributed by atoms with Crippen LogP contribution in [0.15, 0.2) is 82.4 Å². The first-order chi connectivity index (χ1) is 13.2. The van der Waals surface area contributed by atoms with Crippen LogP contribution < -0.4 is 5.43 Å². The second kappa shape index (κ2) is 8.11. The summed E-state index contributed by atoms with van der Waals surface area (Å²) in [5, 5.41) is 4.24. The van der Waals surface area contributed by atoms with Crippen LogP contribution in [0.4, 0.5) is 0 Å². The molecule has 5 heteroatoms. The van der Waals surface area contributed by atoms with Gasteiger partial charge in [0, 0.05) is 10.0 Å². The second-order valence-electron chi connectivity index (χ2n) is 6.18. The fourth-order valence-electron chi connectivity index (χ4n) is 3.23. The van der Waals surface area contributed by atoms with Crippen molar-refractivity contribution in [2.24, 2.45) is 5.10 Å². The van der Waals surface area contributed by atoms with Crippen molar-refractivity contribution in [3.05, 3.63) is 94.0 Å². The van der Waals surface area contributed by atoms with E-state index in [0.717, 1.165) is 10.0 Å². The van der Waals surface area contributed by atoms with Crippen molar-refractivity contribution in [3.63, 3.8) is 0 Å². The first-order valence-corrected chi connectivity index (χ1v) is 10.4. The van der Waals surface area contributed by atoms with Gasteiger partial charge in [-0.2, -0.15) is 5.10 Å². The quantitative estimate of drug-likeness (QED) is 0.429. The van der Waals surface area contributed by atoms with E-state index in [0.29, 0.717) is 5.75 Å². The van der Waals surface area contributed by atoms with Crippen molar-refractivity contribution in [2.75, 3.05) is 5.75 Å². The van der Waals surface area contributed by atoms with Crippen LogP contribution in [0.3, 0.4) is 0 Å². The van der Waals surface area contributed by atoms with E-state index in [1.165, 1.54) is 22.3 Å². The molecule has 0 unspecified atom stereocenters. The molecule has 0 atom stereocenters. The molecule has 1 N–H and O–H groups in total. The van der Waals surface area contributed by atoms with Crippen molar-refractivity contribution in [1.82, 2.24) is 5.43 Å². The minimum atomic E-state index is -0.106. The van der Waals surface area contributed by atoms with E-state index >= 15 is 0 Å². The van der Waals surface area contributed by atoms with Gasteiger partial charge in [0.1, 0.15) is 0 Å². The van der Waals surface area contributed by atoms with Gasteiger partial charge in [0.15, 0.2) is 0 Å². The summed E-state index contributed by atoms with van der Waals surface area (Å²) < 4.78 is 0.941. The van der Waals surface area contributed by atoms with Crippen LogP contribution in [0.2, 0.25) is 0 Å². The number of nitrogens with zero attached hydrogens (tertiary/aromatic N) is 1. The normalized spacial score (nSPS) is 12.8. The Bertz CT molecular complexity index is 973. The highest BCUT2D eigenvalue weighted by molar-refractivity contribution is 9.10. The monoisotopic (exact) mass is 436 g/mol. The summed E-state index contributed by atoms with van der Waals surface area (Å²) in [7, 11) is 0. The third-order valence-electron chi connectivity index (χ3n) is 4.46. The molecule has 0 heterocycles. The lowest BCUT2D eigenvalue weighted by Gasteiger charge is -2.12. The van der Waals surface area contributed by atoms with Crippen LogP contribution in [0.5, 0.6) is 0 Å². The maximum absolute atomic E-state index is 12.2. The molecule has 3 aromatic rings. The first kappa shape index (κ1) is 18.0. The summed E-state index contributed by atoms with van der Waals surface area (Å²) >= 11 is 5.09. The summed E-state index contributed by atoms with van der Waals surface area (Å²) in [6.07, 6.45) is 1.65. The zero-order valence-electron chi connectivity index (χ0n) is 14.4. The smallest absolute Gasteiger partial charge is 0.250 e. The number of thioether (sulfide) groups is 1. The Hall–Kier alpha value is -2.37. The predicted molar refractivity (Wildman–Crippen MR) is 116 cm³/mol. The highest BCUT2D eigenvalue weighted by Gasteiger charge is 2.28. The summed E-state index contributed by atoms with van der Waals surface area (Å²) in [5.74, 6) is 0.242. The zero-order chi connectivity index (χ0) is 18.6. The molecule has 0 aromatic heterocycles. The molecule has 1 aliphatic carbocycles. The molecule has 0 saturated carbocycles. The average molecular weight is 437 g/mol. The van der Waals surface area contributed by atoms with Gasteiger partial charge in [0.2, 0.25) is 5.91 Å². The van der Waals surface area contributed by atoms with Crippen LogP contribution in [-0.2, 0) is 4.79 Å². The van der Waals surface area contributed by atoms with Crippen molar-refractivity contribution in [1.29, 1.82) is 0 Å². The van der Waals surface area contributed by atoms with E-state index in [-0.39, 0.29) is 11.2 Å². The van der Waals surface area contributed by atoms with Gasteiger partial charge in [-0.05, 0) is 28.3 Å². The number of carbonyl (C=O) groups excluding carboxylic acids is 1. The maximum Gasteiger partial charge on any atom is 0.250 e. The molecule has 0 saturated heterocycles. The molecule has 1 aliphatic rings. The molecule has 0 aliphatic heterocycles. The van der Waals surface area contributed by atoms with Gasteiger partial charge >= 0.3 is 0 Å². The molecule has 134 valence electrons. The number of rotatable bonds is 5. The van der Waals surface area contributed by atoms with Crippen molar-refractivity contribution in [3.8, 4) is 11.1 Å². The van der Waals surface area contributed by atoms with Crippen LogP contribution >= 0.6 is 27.7 Å². The predicted octanol–water partition coefficient (Wildman–Crippen LogP) is 5.40. The Morgan fingerprint density at radius 2 is 1.56 bits per heavy atom. The number of amides is 1. The summed E-state index contributed by atoms with van der Waals surface area (Å²) in [5.41, 5.74) is 8.61. The van der Waals surface area contributed by atoms with E-state index in [1.807, 2.05) is 24.3 Å². The zero-order valence-corrected chi connectivity index (χ0v) is 16.8. The fourth-order valence-corrected chi connectivity index (χ4v) is 4.77. The molecule has 0 radical (unpaired) electrons. The molecular formula is C22H17BrN2OS. The van der Waals surface area contributed by atoms with Gasteiger partial charge in [-0.25, -0.2) is 5.43 Å². The highest BCUT2D eigenvalue weighted by Crippen LogP contribution is 2.49. The number of carbonyl (C=O) groups is 1. The second-order valence-corrected chi connectivity index (χ2v) is 8.13. The molecule has 3 aromatic carbocycles. The number of hydrazone groups is 1. The minimum Gasteiger partial charge on any atom is -0.272 e. The Morgan fingerprint density at radius 3 is 2.22 bits per heavy atom. The van der Waals surface area contributed by atoms with Gasteiger partial charge < -0.3 is 0 Å². The number of nitrogens with one attached hydrogen (secondary N) is 1. The van der Waals surface area contributed by atoms with Crippen LogP contribution in [0, 0.1) is 0 Å². The van der Waals surface area contributed by atoms with Gasteiger partial charge in [-0.3, -0.25) is 4.79 Å². The van der Waals surface area contributed by atoms with E-state index in [1.54, 1.807) is 18.0 Å². The van der Waals surface area contributed by atoms with E-state index < -0.39 is 0 Å². The number of hydrogen-bond donors (Lipinski definition) is 1. The average Bonchev–Trinajstić information content (AvgIpc) is 3.02. The lowest BCUT2D eigenvalue weighted by Crippen LogP contribution is -2.20. The molecule has 0 bridgehead atoms. The van der Waals surface area contributed by atoms with Gasteiger partial charge in [-0.15, -0.1) is 11.8 Å². The fraction of sp³-hybridized carbons (Fsp3) is 0.0909. The van der Waals surface area contributed by atoms with Gasteiger partial charge in [0.05, 0.1) is 17.2 Å². The molecule has 1 amide bonds. The summed E-state index contributed by atoms with van der Waals surface area (Å²) in [6.45, 7) is 0. The largest absolute Gasteiger partial charge is 0.272 e. The molecule has 0 spiro atoms. The molecular weight excluding hydrogens is 420 g/mol. The van der Waals surface area contributed by atoms with Gasteiger partial charge in [-0.1, -0.05) is 82.7 Å². The Kier molecular flexibility index (Phi) is 5.41. The molecule has 0 fully saturated rings. The third-order valence-corrected chi connectivity index (χ3v) is 6.45.